The monoisotopic (exact) mass is 540 g/mol. The largest absolute Gasteiger partial charge is 0.490 e. The van der Waals surface area contributed by atoms with Crippen molar-refractivity contribution in [2.75, 3.05) is 26.4 Å². The molecule has 10 fully saturated rings. The first-order valence-electron chi connectivity index (χ1n) is 16.7. The van der Waals surface area contributed by atoms with Crippen LogP contribution in [0.5, 0.6) is 11.5 Å². The van der Waals surface area contributed by atoms with Crippen LogP contribution in [0.25, 0.3) is 10.8 Å². The lowest BCUT2D eigenvalue weighted by Crippen LogP contribution is -2.52. The molecule has 2 saturated heterocycles. The van der Waals surface area contributed by atoms with E-state index in [0.29, 0.717) is 24.0 Å². The Labute approximate surface area is 238 Å². The van der Waals surface area contributed by atoms with Gasteiger partial charge in [-0.05, 0) is 147 Å². The van der Waals surface area contributed by atoms with E-state index in [1.807, 2.05) is 0 Å². The van der Waals surface area contributed by atoms with Crippen molar-refractivity contribution in [2.45, 2.75) is 100 Å². The molecule has 2 unspecified atom stereocenters. The lowest BCUT2D eigenvalue weighted by molar-refractivity contribution is -0.0169. The molecule has 0 N–H and O–H groups in total. The minimum atomic E-state index is 0.256. The van der Waals surface area contributed by atoms with E-state index in [4.69, 9.17) is 18.9 Å². The highest BCUT2D eigenvalue weighted by Gasteiger charge is 2.57. The van der Waals surface area contributed by atoms with E-state index in [2.05, 4.69) is 24.3 Å². The molecule has 4 nitrogen and oxygen atoms in total. The minimum Gasteiger partial charge on any atom is -0.490 e. The minimum absolute atomic E-state index is 0.256. The third-order valence-electron chi connectivity index (χ3n) is 12.9. The van der Waals surface area contributed by atoms with Gasteiger partial charge in [0.05, 0.1) is 13.2 Å². The molecule has 0 amide bonds. The van der Waals surface area contributed by atoms with Crippen molar-refractivity contribution in [2.24, 2.45) is 35.5 Å². The van der Waals surface area contributed by atoms with Gasteiger partial charge in [-0.1, -0.05) is 12.1 Å². The topological polar surface area (TPSA) is 43.5 Å². The van der Waals surface area contributed by atoms with E-state index in [9.17, 15) is 0 Å². The van der Waals surface area contributed by atoms with Gasteiger partial charge in [0.1, 0.15) is 36.9 Å². The van der Waals surface area contributed by atoms with E-state index < -0.39 is 0 Å². The van der Waals surface area contributed by atoms with Gasteiger partial charge >= 0.3 is 0 Å². The van der Waals surface area contributed by atoms with Gasteiger partial charge in [-0.3, -0.25) is 0 Å². The third kappa shape index (κ3) is 3.70. The molecule has 2 aliphatic heterocycles. The van der Waals surface area contributed by atoms with E-state index >= 15 is 0 Å². The van der Waals surface area contributed by atoms with Crippen molar-refractivity contribution >= 4 is 10.8 Å². The fraction of sp³-hybridized carbons (Fsp3) is 0.722. The van der Waals surface area contributed by atoms with Crippen LogP contribution in [0.4, 0.5) is 0 Å². The average molecular weight is 541 g/mol. The first-order valence-corrected chi connectivity index (χ1v) is 16.7. The summed E-state index contributed by atoms with van der Waals surface area (Å²) in [6.45, 7) is 2.97. The molecule has 2 heterocycles. The summed E-state index contributed by atoms with van der Waals surface area (Å²) < 4.78 is 24.3. The van der Waals surface area contributed by atoms with Crippen LogP contribution >= 0.6 is 0 Å². The normalized spacial score (nSPS) is 45.3. The van der Waals surface area contributed by atoms with Gasteiger partial charge in [-0.15, -0.1) is 0 Å². The van der Waals surface area contributed by atoms with Crippen molar-refractivity contribution < 1.29 is 18.9 Å². The van der Waals surface area contributed by atoms with Gasteiger partial charge in [-0.25, -0.2) is 0 Å². The summed E-state index contributed by atoms with van der Waals surface area (Å²) in [7, 11) is 0. The number of epoxide rings is 2. The number of hydrogen-bond donors (Lipinski definition) is 0. The Morgan fingerprint density at radius 1 is 0.575 bits per heavy atom. The zero-order valence-corrected chi connectivity index (χ0v) is 23.9. The SMILES string of the molecule is c1cc2c(OCC3CO3)ccc(OCC3CO3)c2c(C23CC4CC(CC(C4)C2)C3)c1C12CC3CC(CC(C3)C1)C2. The summed E-state index contributed by atoms with van der Waals surface area (Å²) in [5, 5.41) is 2.68. The molecule has 2 aromatic rings. The molecule has 0 aromatic heterocycles. The van der Waals surface area contributed by atoms with Gasteiger partial charge in [0, 0.05) is 10.8 Å². The maximum atomic E-state index is 6.71. The van der Waals surface area contributed by atoms with E-state index in [0.717, 1.165) is 60.2 Å². The van der Waals surface area contributed by atoms with Crippen LogP contribution in [-0.2, 0) is 20.3 Å². The lowest BCUT2D eigenvalue weighted by Gasteiger charge is -2.61. The van der Waals surface area contributed by atoms with Crippen LogP contribution in [0.3, 0.4) is 0 Å². The summed E-state index contributed by atoms with van der Waals surface area (Å²) in [5.74, 6) is 7.69. The van der Waals surface area contributed by atoms with Gasteiger partial charge in [0.25, 0.3) is 0 Å². The molecule has 212 valence electrons. The fourth-order valence-electron chi connectivity index (χ4n) is 12.2. The molecule has 0 radical (unpaired) electrons. The van der Waals surface area contributed by atoms with Crippen LogP contribution in [0.1, 0.15) is 88.2 Å². The summed E-state index contributed by atoms with van der Waals surface area (Å²) >= 11 is 0. The maximum Gasteiger partial charge on any atom is 0.127 e. The second kappa shape index (κ2) is 8.40. The van der Waals surface area contributed by atoms with Gasteiger partial charge in [-0.2, -0.15) is 0 Å². The zero-order valence-electron chi connectivity index (χ0n) is 23.9. The maximum absolute atomic E-state index is 6.71. The Balaban J connectivity index is 1.20. The second-order valence-corrected chi connectivity index (χ2v) is 15.9. The van der Waals surface area contributed by atoms with Crippen LogP contribution < -0.4 is 9.47 Å². The van der Waals surface area contributed by atoms with Crippen molar-refractivity contribution in [3.05, 3.63) is 35.4 Å². The number of hydrogen-bond acceptors (Lipinski definition) is 4. The average Bonchev–Trinajstić information content (AvgIpc) is 3.84. The van der Waals surface area contributed by atoms with Crippen molar-refractivity contribution in [3.63, 3.8) is 0 Å². The van der Waals surface area contributed by atoms with Crippen molar-refractivity contribution in [1.82, 2.24) is 0 Å². The Hall–Kier alpha value is -1.78. The van der Waals surface area contributed by atoms with Crippen LogP contribution in [0.2, 0.25) is 0 Å². The molecule has 12 rings (SSSR count). The number of benzene rings is 2. The van der Waals surface area contributed by atoms with E-state index in [1.165, 1.54) is 87.8 Å². The van der Waals surface area contributed by atoms with Crippen LogP contribution in [0, 0.1) is 35.5 Å². The molecule has 0 spiro atoms. The lowest BCUT2D eigenvalue weighted by atomic mass is 9.44. The van der Waals surface area contributed by atoms with Gasteiger partial charge < -0.3 is 18.9 Å². The highest BCUT2D eigenvalue weighted by molar-refractivity contribution is 5.98. The van der Waals surface area contributed by atoms with Crippen molar-refractivity contribution in [1.29, 1.82) is 0 Å². The Morgan fingerprint density at radius 2 is 1.02 bits per heavy atom. The van der Waals surface area contributed by atoms with Crippen LogP contribution in [0.15, 0.2) is 24.3 Å². The molecule has 40 heavy (non-hydrogen) atoms. The molecular formula is C36H44O4. The third-order valence-corrected chi connectivity index (χ3v) is 12.9. The summed E-state index contributed by atoms with van der Waals surface area (Å²) in [4.78, 5) is 0. The van der Waals surface area contributed by atoms with Gasteiger partial charge in [0.2, 0.25) is 0 Å². The Kier molecular flexibility index (Phi) is 4.99. The number of rotatable bonds is 8. The highest BCUT2D eigenvalue weighted by atomic mass is 16.6. The first-order chi connectivity index (χ1) is 19.6. The highest BCUT2D eigenvalue weighted by Crippen LogP contribution is 2.67. The number of fused-ring (bicyclic) bond motifs is 1. The molecule has 10 aliphatic rings. The molecule has 4 heteroatoms. The van der Waals surface area contributed by atoms with E-state index in [-0.39, 0.29) is 12.2 Å². The molecule has 2 atom stereocenters. The second-order valence-electron chi connectivity index (χ2n) is 15.9. The quantitative estimate of drug-likeness (QED) is 0.329. The number of ether oxygens (including phenoxy) is 4. The van der Waals surface area contributed by atoms with Crippen molar-refractivity contribution in [3.8, 4) is 11.5 Å². The smallest absolute Gasteiger partial charge is 0.127 e. The molecule has 8 saturated carbocycles. The molecular weight excluding hydrogens is 496 g/mol. The Bertz CT molecular complexity index is 1280. The molecule has 8 aliphatic carbocycles. The van der Waals surface area contributed by atoms with E-state index in [1.54, 1.807) is 11.1 Å². The molecule has 8 bridgehead atoms. The predicted molar refractivity (Wildman–Crippen MR) is 154 cm³/mol. The van der Waals surface area contributed by atoms with Crippen LogP contribution in [-0.4, -0.2) is 38.6 Å². The summed E-state index contributed by atoms with van der Waals surface area (Å²) in [5.41, 5.74) is 4.15. The summed E-state index contributed by atoms with van der Waals surface area (Å²) in [6, 6.07) is 9.47. The predicted octanol–water partition coefficient (Wildman–Crippen LogP) is 7.33. The Morgan fingerprint density at radius 3 is 1.52 bits per heavy atom. The van der Waals surface area contributed by atoms with Gasteiger partial charge in [0.15, 0.2) is 0 Å². The zero-order chi connectivity index (χ0) is 26.1. The fourth-order valence-corrected chi connectivity index (χ4v) is 12.2. The first kappa shape index (κ1) is 23.7. The molecule has 2 aromatic carbocycles. The standard InChI is InChI=1S/C36H44O4/c1-2-30(35-11-21-5-22(12-35)7-23(6-21)13-35)34(36-14-24-8-25(15-36)10-26(9-24)16-36)33-29(1)31(39-19-27-17-37-27)3-4-32(33)40-20-28-18-38-28/h1-4,21-28H,5-20H2. The summed E-state index contributed by atoms with van der Waals surface area (Å²) in [6.07, 6.45) is 17.9.